The number of aliphatic hydroxyl groups excluding tert-OH is 1. The van der Waals surface area contributed by atoms with Gasteiger partial charge in [0.15, 0.2) is 0 Å². The maximum atomic E-state index is 9.75. The average Bonchev–Trinajstić information content (AvgIpc) is 2.97. The molecule has 2 aliphatic carbocycles. The molecule has 88 valence electrons. The maximum Gasteiger partial charge on any atom is 0.0487 e. The Labute approximate surface area is 94.3 Å². The zero-order valence-corrected chi connectivity index (χ0v) is 10.4. The highest BCUT2D eigenvalue weighted by atomic mass is 16.3. The monoisotopic (exact) mass is 210 g/mol. The molecule has 2 atom stereocenters. The highest BCUT2D eigenvalue weighted by Gasteiger charge is 2.51. The van der Waals surface area contributed by atoms with E-state index < -0.39 is 0 Å². The van der Waals surface area contributed by atoms with Crippen molar-refractivity contribution in [2.24, 2.45) is 16.7 Å². The first-order chi connectivity index (χ1) is 7.14. The Hall–Kier alpha value is -0.0400. The topological polar surface area (TPSA) is 20.2 Å². The second-order valence-corrected chi connectivity index (χ2v) is 6.41. The van der Waals surface area contributed by atoms with E-state index >= 15 is 0 Å². The lowest BCUT2D eigenvalue weighted by molar-refractivity contribution is 0.0278. The molecule has 0 saturated heterocycles. The summed E-state index contributed by atoms with van der Waals surface area (Å²) >= 11 is 0. The average molecular weight is 210 g/mol. The van der Waals surface area contributed by atoms with E-state index in [0.29, 0.717) is 17.4 Å². The molecule has 1 N–H and O–H groups in total. The molecule has 0 aliphatic heterocycles. The van der Waals surface area contributed by atoms with E-state index in [4.69, 9.17) is 0 Å². The SMILES string of the molecule is CC[C@H](C)C[C@@]1(CO)CCCC2(CC2)C1. The summed E-state index contributed by atoms with van der Waals surface area (Å²) in [5.74, 6) is 0.783. The van der Waals surface area contributed by atoms with Crippen LogP contribution in [0.5, 0.6) is 0 Å². The van der Waals surface area contributed by atoms with Gasteiger partial charge in [-0.15, -0.1) is 0 Å². The van der Waals surface area contributed by atoms with Gasteiger partial charge in [0, 0.05) is 6.61 Å². The Morgan fingerprint density at radius 1 is 1.20 bits per heavy atom. The normalized spacial score (nSPS) is 35.4. The van der Waals surface area contributed by atoms with Gasteiger partial charge in [-0.1, -0.05) is 26.7 Å². The number of rotatable bonds is 4. The van der Waals surface area contributed by atoms with Gasteiger partial charge in [-0.05, 0) is 55.3 Å². The van der Waals surface area contributed by atoms with Gasteiger partial charge in [-0.2, -0.15) is 0 Å². The van der Waals surface area contributed by atoms with Crippen LogP contribution in [0.1, 0.15) is 65.2 Å². The van der Waals surface area contributed by atoms with Gasteiger partial charge in [0.1, 0.15) is 0 Å². The molecule has 1 spiro atoms. The molecule has 0 amide bonds. The van der Waals surface area contributed by atoms with Gasteiger partial charge in [0.05, 0.1) is 0 Å². The van der Waals surface area contributed by atoms with Crippen LogP contribution in [0.25, 0.3) is 0 Å². The Bertz CT molecular complexity index is 219. The summed E-state index contributed by atoms with van der Waals surface area (Å²) in [6, 6.07) is 0. The van der Waals surface area contributed by atoms with E-state index in [9.17, 15) is 5.11 Å². The summed E-state index contributed by atoms with van der Waals surface area (Å²) < 4.78 is 0. The van der Waals surface area contributed by atoms with Crippen LogP contribution in [0.2, 0.25) is 0 Å². The molecular weight excluding hydrogens is 184 g/mol. The third-order valence-electron chi connectivity index (χ3n) is 4.94. The van der Waals surface area contributed by atoms with Crippen molar-refractivity contribution in [2.45, 2.75) is 65.2 Å². The molecule has 0 unspecified atom stereocenters. The second-order valence-electron chi connectivity index (χ2n) is 6.41. The van der Waals surface area contributed by atoms with Gasteiger partial charge in [-0.3, -0.25) is 0 Å². The van der Waals surface area contributed by atoms with E-state index in [1.54, 1.807) is 0 Å². The molecule has 2 fully saturated rings. The molecule has 0 radical (unpaired) electrons. The largest absolute Gasteiger partial charge is 0.396 e. The van der Waals surface area contributed by atoms with Crippen molar-refractivity contribution in [3.63, 3.8) is 0 Å². The smallest absolute Gasteiger partial charge is 0.0487 e. The zero-order valence-electron chi connectivity index (χ0n) is 10.4. The summed E-state index contributed by atoms with van der Waals surface area (Å²) in [4.78, 5) is 0. The van der Waals surface area contributed by atoms with Crippen LogP contribution < -0.4 is 0 Å². The van der Waals surface area contributed by atoms with Crippen molar-refractivity contribution in [3.8, 4) is 0 Å². The molecule has 1 nitrogen and oxygen atoms in total. The minimum Gasteiger partial charge on any atom is -0.396 e. The predicted molar refractivity (Wildman–Crippen MR) is 63.7 cm³/mol. The van der Waals surface area contributed by atoms with Crippen LogP contribution in [0.4, 0.5) is 0 Å². The lowest BCUT2D eigenvalue weighted by Crippen LogP contribution is -2.34. The maximum absolute atomic E-state index is 9.75. The van der Waals surface area contributed by atoms with Gasteiger partial charge in [-0.25, -0.2) is 0 Å². The molecule has 0 heterocycles. The van der Waals surface area contributed by atoms with Gasteiger partial charge >= 0.3 is 0 Å². The van der Waals surface area contributed by atoms with E-state index in [-0.39, 0.29) is 0 Å². The van der Waals surface area contributed by atoms with E-state index in [0.717, 1.165) is 5.92 Å². The Morgan fingerprint density at radius 3 is 2.47 bits per heavy atom. The molecule has 0 bridgehead atoms. The van der Waals surface area contributed by atoms with Crippen molar-refractivity contribution in [3.05, 3.63) is 0 Å². The predicted octanol–water partition coefficient (Wildman–Crippen LogP) is 3.76. The molecule has 1 heteroatoms. The molecule has 0 aromatic heterocycles. The number of aliphatic hydroxyl groups is 1. The highest BCUT2D eigenvalue weighted by molar-refractivity contribution is 5.02. The van der Waals surface area contributed by atoms with Crippen LogP contribution in [0, 0.1) is 16.7 Å². The summed E-state index contributed by atoms with van der Waals surface area (Å²) in [7, 11) is 0. The molecule has 2 rings (SSSR count). The van der Waals surface area contributed by atoms with Crippen molar-refractivity contribution in [2.75, 3.05) is 6.61 Å². The number of hydrogen-bond donors (Lipinski definition) is 1. The summed E-state index contributed by atoms with van der Waals surface area (Å²) in [5.41, 5.74) is 0.985. The minimum absolute atomic E-state index is 0.296. The molecule has 2 aliphatic rings. The van der Waals surface area contributed by atoms with Crippen molar-refractivity contribution >= 4 is 0 Å². The third-order valence-corrected chi connectivity index (χ3v) is 4.94. The lowest BCUT2D eigenvalue weighted by Gasteiger charge is -2.41. The molecule has 0 aromatic rings. The summed E-state index contributed by atoms with van der Waals surface area (Å²) in [5, 5.41) is 9.75. The molecule has 2 saturated carbocycles. The van der Waals surface area contributed by atoms with Crippen molar-refractivity contribution < 1.29 is 5.11 Å². The Balaban J connectivity index is 2.00. The third kappa shape index (κ3) is 2.38. The van der Waals surface area contributed by atoms with Crippen LogP contribution in [0.3, 0.4) is 0 Å². The number of hydrogen-bond acceptors (Lipinski definition) is 1. The van der Waals surface area contributed by atoms with Crippen LogP contribution in [0.15, 0.2) is 0 Å². The first-order valence-electron chi connectivity index (χ1n) is 6.75. The van der Waals surface area contributed by atoms with Crippen molar-refractivity contribution in [1.29, 1.82) is 0 Å². The second kappa shape index (κ2) is 4.08. The van der Waals surface area contributed by atoms with E-state index in [2.05, 4.69) is 13.8 Å². The van der Waals surface area contributed by atoms with Gasteiger partial charge < -0.3 is 5.11 Å². The Morgan fingerprint density at radius 2 is 1.93 bits per heavy atom. The highest BCUT2D eigenvalue weighted by Crippen LogP contribution is 2.62. The van der Waals surface area contributed by atoms with E-state index in [1.807, 2.05) is 0 Å². The molecule has 0 aromatic carbocycles. The van der Waals surface area contributed by atoms with Crippen molar-refractivity contribution in [1.82, 2.24) is 0 Å². The molecule has 15 heavy (non-hydrogen) atoms. The first kappa shape index (κ1) is 11.4. The van der Waals surface area contributed by atoms with Crippen LogP contribution >= 0.6 is 0 Å². The van der Waals surface area contributed by atoms with Crippen LogP contribution in [-0.4, -0.2) is 11.7 Å². The fraction of sp³-hybridized carbons (Fsp3) is 1.00. The zero-order chi connectivity index (χ0) is 10.9. The fourth-order valence-electron chi connectivity index (χ4n) is 3.67. The van der Waals surface area contributed by atoms with E-state index in [1.165, 1.54) is 51.4 Å². The summed E-state index contributed by atoms with van der Waals surface area (Å²) in [6.07, 6.45) is 10.8. The quantitative estimate of drug-likeness (QED) is 0.749. The fourth-order valence-corrected chi connectivity index (χ4v) is 3.67. The first-order valence-corrected chi connectivity index (χ1v) is 6.75. The lowest BCUT2D eigenvalue weighted by atomic mass is 9.64. The molecular formula is C14H26O. The van der Waals surface area contributed by atoms with Gasteiger partial charge in [0.25, 0.3) is 0 Å². The Kier molecular flexibility index (Phi) is 3.12. The summed E-state index contributed by atoms with van der Waals surface area (Å²) in [6.45, 7) is 5.04. The van der Waals surface area contributed by atoms with Crippen LogP contribution in [-0.2, 0) is 0 Å². The van der Waals surface area contributed by atoms with Gasteiger partial charge in [0.2, 0.25) is 0 Å². The standard InChI is InChI=1S/C14H26O/c1-3-12(2)9-14(11-15)6-4-5-13(10-14)7-8-13/h12,15H,3-11H2,1-2H3/t12-,14-/m0/s1. The minimum atomic E-state index is 0.296.